The highest BCUT2D eigenvalue weighted by Gasteiger charge is 2.07. The van der Waals surface area contributed by atoms with Crippen LogP contribution in [-0.4, -0.2) is 11.1 Å². The molecule has 0 amide bonds. The van der Waals surface area contributed by atoms with Gasteiger partial charge in [0.1, 0.15) is 0 Å². The van der Waals surface area contributed by atoms with Crippen LogP contribution < -0.4 is 0 Å². The molecule has 104 valence electrons. The molecule has 0 heterocycles. The molecule has 0 saturated heterocycles. The molecule has 0 aliphatic heterocycles. The Morgan fingerprint density at radius 3 is 2.05 bits per heavy atom. The van der Waals surface area contributed by atoms with E-state index < -0.39 is 5.97 Å². The van der Waals surface area contributed by atoms with Crippen molar-refractivity contribution in [3.05, 3.63) is 71.8 Å². The van der Waals surface area contributed by atoms with Crippen LogP contribution in [0.4, 0.5) is 0 Å². The second-order valence-corrected chi connectivity index (χ2v) is 5.19. The summed E-state index contributed by atoms with van der Waals surface area (Å²) < 4.78 is 0. The van der Waals surface area contributed by atoms with Gasteiger partial charge in [-0.3, -0.25) is 0 Å². The van der Waals surface area contributed by atoms with Gasteiger partial charge in [0, 0.05) is 5.57 Å². The number of benzene rings is 3. The van der Waals surface area contributed by atoms with E-state index in [2.05, 4.69) is 30.3 Å². The number of hydrogen-bond acceptors (Lipinski definition) is 1. The summed E-state index contributed by atoms with van der Waals surface area (Å²) in [5.41, 5.74) is 1.57. The van der Waals surface area contributed by atoms with Gasteiger partial charge >= 0.3 is 5.97 Å². The molecule has 0 aliphatic rings. The van der Waals surface area contributed by atoms with Crippen LogP contribution in [0.5, 0.6) is 0 Å². The maximum absolute atomic E-state index is 11.0. The molecule has 3 rings (SSSR count). The molecule has 2 heteroatoms. The Labute approximate surface area is 123 Å². The van der Waals surface area contributed by atoms with Crippen LogP contribution in [0.2, 0.25) is 0 Å². The smallest absolute Gasteiger partial charge is 0.330 e. The Hall–Kier alpha value is -2.61. The van der Waals surface area contributed by atoms with Crippen molar-refractivity contribution in [2.24, 2.45) is 0 Å². The average molecular weight is 276 g/mol. The standard InChI is InChI=1S/C19H16O2/c1-13(19(20)21)10-11-18-16-8-4-2-6-14(16)12-15-7-3-5-9-17(15)18/h2-10,12H,11H2,1H3,(H,20,21)/b13-10+. The molecule has 0 bridgehead atoms. The fourth-order valence-electron chi connectivity index (χ4n) is 2.67. The monoisotopic (exact) mass is 276 g/mol. The number of allylic oxidation sites excluding steroid dienone is 1. The number of rotatable bonds is 3. The van der Waals surface area contributed by atoms with Gasteiger partial charge in [-0.05, 0) is 46.5 Å². The molecule has 1 N–H and O–H groups in total. The molecule has 0 aliphatic carbocycles. The molecule has 0 spiro atoms. The summed E-state index contributed by atoms with van der Waals surface area (Å²) in [7, 11) is 0. The highest BCUT2D eigenvalue weighted by atomic mass is 16.4. The minimum atomic E-state index is -0.862. The quantitative estimate of drug-likeness (QED) is 0.562. The SMILES string of the molecule is C/C(=C\Cc1c2ccccc2cc2ccccc12)C(=O)O. The zero-order valence-electron chi connectivity index (χ0n) is 11.8. The fraction of sp³-hybridized carbons (Fsp3) is 0.105. The predicted octanol–water partition coefficient (Wildman–Crippen LogP) is 4.57. The summed E-state index contributed by atoms with van der Waals surface area (Å²) in [6, 6.07) is 18.7. The van der Waals surface area contributed by atoms with E-state index in [0.717, 1.165) is 0 Å². The molecular formula is C19H16O2. The van der Waals surface area contributed by atoms with Crippen LogP contribution in [0, 0.1) is 0 Å². The van der Waals surface area contributed by atoms with E-state index in [1.807, 2.05) is 24.3 Å². The van der Waals surface area contributed by atoms with Gasteiger partial charge in [-0.1, -0.05) is 54.6 Å². The van der Waals surface area contributed by atoms with Crippen LogP contribution in [0.25, 0.3) is 21.5 Å². The minimum absolute atomic E-state index is 0.381. The molecule has 3 aromatic carbocycles. The van der Waals surface area contributed by atoms with E-state index in [4.69, 9.17) is 5.11 Å². The molecule has 0 unspecified atom stereocenters. The third kappa shape index (κ3) is 2.52. The normalized spacial score (nSPS) is 12.0. The summed E-state index contributed by atoms with van der Waals surface area (Å²) in [5.74, 6) is -0.862. The van der Waals surface area contributed by atoms with Crippen molar-refractivity contribution in [1.29, 1.82) is 0 Å². The van der Waals surface area contributed by atoms with Crippen LogP contribution in [0.3, 0.4) is 0 Å². The van der Waals surface area contributed by atoms with Crippen molar-refractivity contribution in [1.82, 2.24) is 0 Å². The van der Waals surface area contributed by atoms with Gasteiger partial charge in [0.05, 0.1) is 0 Å². The molecule has 0 atom stereocenters. The second-order valence-electron chi connectivity index (χ2n) is 5.19. The maximum Gasteiger partial charge on any atom is 0.330 e. The number of carbonyl (C=O) groups is 1. The fourth-order valence-corrected chi connectivity index (χ4v) is 2.67. The highest BCUT2D eigenvalue weighted by molar-refractivity contribution is 6.02. The zero-order chi connectivity index (χ0) is 14.8. The molecule has 2 nitrogen and oxygen atoms in total. The van der Waals surface area contributed by atoms with E-state index in [-0.39, 0.29) is 0 Å². The summed E-state index contributed by atoms with van der Waals surface area (Å²) in [4.78, 5) is 11.0. The van der Waals surface area contributed by atoms with E-state index >= 15 is 0 Å². The first-order valence-electron chi connectivity index (χ1n) is 6.96. The molecule has 0 fully saturated rings. The van der Waals surface area contributed by atoms with Crippen molar-refractivity contribution >= 4 is 27.5 Å². The lowest BCUT2D eigenvalue weighted by Gasteiger charge is -2.10. The van der Waals surface area contributed by atoms with Crippen LogP contribution >= 0.6 is 0 Å². The highest BCUT2D eigenvalue weighted by Crippen LogP contribution is 2.29. The lowest BCUT2D eigenvalue weighted by molar-refractivity contribution is -0.132. The third-order valence-corrected chi connectivity index (χ3v) is 3.83. The molecule has 0 saturated carbocycles. The Balaban J connectivity index is 2.25. The number of hydrogen-bond donors (Lipinski definition) is 1. The third-order valence-electron chi connectivity index (χ3n) is 3.83. The first-order chi connectivity index (χ1) is 10.2. The van der Waals surface area contributed by atoms with Crippen molar-refractivity contribution in [2.45, 2.75) is 13.3 Å². The van der Waals surface area contributed by atoms with Crippen molar-refractivity contribution in [2.75, 3.05) is 0 Å². The van der Waals surface area contributed by atoms with Gasteiger partial charge in [-0.2, -0.15) is 0 Å². The summed E-state index contributed by atoms with van der Waals surface area (Å²) in [5, 5.41) is 13.8. The first kappa shape index (κ1) is 13.4. The second kappa shape index (κ2) is 5.41. The number of carboxylic acids is 1. The number of fused-ring (bicyclic) bond motifs is 2. The maximum atomic E-state index is 11.0. The molecule has 0 aromatic heterocycles. The Morgan fingerprint density at radius 2 is 1.52 bits per heavy atom. The van der Waals surface area contributed by atoms with Crippen LogP contribution in [0.15, 0.2) is 66.2 Å². The Morgan fingerprint density at radius 1 is 1.00 bits per heavy atom. The molecule has 0 radical (unpaired) electrons. The zero-order valence-corrected chi connectivity index (χ0v) is 11.8. The van der Waals surface area contributed by atoms with Crippen molar-refractivity contribution < 1.29 is 9.90 Å². The molecular weight excluding hydrogens is 260 g/mol. The van der Waals surface area contributed by atoms with Crippen molar-refractivity contribution in [3.8, 4) is 0 Å². The van der Waals surface area contributed by atoms with E-state index in [0.29, 0.717) is 12.0 Å². The number of carboxylic acid groups (broad SMARTS) is 1. The van der Waals surface area contributed by atoms with Gasteiger partial charge in [0.2, 0.25) is 0 Å². The number of aliphatic carboxylic acids is 1. The first-order valence-corrected chi connectivity index (χ1v) is 6.96. The molecule has 21 heavy (non-hydrogen) atoms. The van der Waals surface area contributed by atoms with Gasteiger partial charge < -0.3 is 5.11 Å². The minimum Gasteiger partial charge on any atom is -0.478 e. The lowest BCUT2D eigenvalue weighted by atomic mass is 9.94. The van der Waals surface area contributed by atoms with Crippen molar-refractivity contribution in [3.63, 3.8) is 0 Å². The van der Waals surface area contributed by atoms with E-state index in [1.54, 1.807) is 13.0 Å². The van der Waals surface area contributed by atoms with Gasteiger partial charge in [0.15, 0.2) is 0 Å². The van der Waals surface area contributed by atoms with E-state index in [1.165, 1.54) is 27.1 Å². The lowest BCUT2D eigenvalue weighted by Crippen LogP contribution is -1.97. The van der Waals surface area contributed by atoms with Crippen LogP contribution in [-0.2, 0) is 11.2 Å². The molecule has 3 aromatic rings. The summed E-state index contributed by atoms with van der Waals surface area (Å²) in [6.07, 6.45) is 2.41. The van der Waals surface area contributed by atoms with Crippen LogP contribution in [0.1, 0.15) is 12.5 Å². The van der Waals surface area contributed by atoms with Gasteiger partial charge in [-0.15, -0.1) is 0 Å². The largest absolute Gasteiger partial charge is 0.478 e. The predicted molar refractivity (Wildman–Crippen MR) is 86.6 cm³/mol. The summed E-state index contributed by atoms with van der Waals surface area (Å²) >= 11 is 0. The van der Waals surface area contributed by atoms with Gasteiger partial charge in [-0.25, -0.2) is 4.79 Å². The van der Waals surface area contributed by atoms with Gasteiger partial charge in [0.25, 0.3) is 0 Å². The topological polar surface area (TPSA) is 37.3 Å². The Kier molecular flexibility index (Phi) is 3.44. The average Bonchev–Trinajstić information content (AvgIpc) is 2.51. The summed E-state index contributed by atoms with van der Waals surface area (Å²) in [6.45, 7) is 1.63. The Bertz CT molecular complexity index is 806. The van der Waals surface area contributed by atoms with E-state index in [9.17, 15) is 4.79 Å².